The number of para-hydroxylation sites is 1. The SMILES string of the molecule is COc1ccc(/C=C2\CN(C)C/C(=C/c3c[nH]c4ccccc34)C2=O)cc1OC. The number of rotatable bonds is 4. The van der Waals surface area contributed by atoms with E-state index < -0.39 is 0 Å². The number of Topliss-reactive ketones (excluding diaryl/α,β-unsaturated/α-hetero) is 1. The highest BCUT2D eigenvalue weighted by atomic mass is 16.5. The Balaban J connectivity index is 1.69. The molecule has 1 fully saturated rings. The number of aromatic amines is 1. The fourth-order valence-corrected chi connectivity index (χ4v) is 3.75. The van der Waals surface area contributed by atoms with E-state index >= 15 is 0 Å². The molecule has 1 N–H and O–H groups in total. The number of likely N-dealkylation sites (N-methyl/N-ethyl adjacent to an activating group) is 1. The van der Waals surface area contributed by atoms with E-state index in [9.17, 15) is 4.79 Å². The third-order valence-electron chi connectivity index (χ3n) is 5.16. The van der Waals surface area contributed by atoms with Gasteiger partial charge in [-0.1, -0.05) is 24.3 Å². The van der Waals surface area contributed by atoms with Crippen LogP contribution in [0.4, 0.5) is 0 Å². The molecular weight excluding hydrogens is 364 g/mol. The van der Waals surface area contributed by atoms with E-state index in [1.165, 1.54) is 0 Å². The molecule has 29 heavy (non-hydrogen) atoms. The Bertz CT molecular complexity index is 1120. The Morgan fingerprint density at radius 3 is 2.45 bits per heavy atom. The number of methoxy groups -OCH3 is 2. The molecule has 1 aliphatic rings. The summed E-state index contributed by atoms with van der Waals surface area (Å²) in [6.45, 7) is 1.24. The van der Waals surface area contributed by atoms with E-state index in [-0.39, 0.29) is 5.78 Å². The van der Waals surface area contributed by atoms with Crippen LogP contribution in [0.15, 0.2) is 59.8 Å². The van der Waals surface area contributed by atoms with Gasteiger partial charge in [0.1, 0.15) is 0 Å². The topological polar surface area (TPSA) is 54.6 Å². The zero-order valence-electron chi connectivity index (χ0n) is 16.9. The lowest BCUT2D eigenvalue weighted by Crippen LogP contribution is -2.34. The summed E-state index contributed by atoms with van der Waals surface area (Å²) in [6, 6.07) is 13.8. The largest absolute Gasteiger partial charge is 0.493 e. The number of piperidine rings is 1. The quantitative estimate of drug-likeness (QED) is 0.682. The number of aromatic nitrogens is 1. The van der Waals surface area contributed by atoms with Crippen molar-refractivity contribution in [3.8, 4) is 11.5 Å². The summed E-state index contributed by atoms with van der Waals surface area (Å²) in [5, 5.41) is 1.12. The summed E-state index contributed by atoms with van der Waals surface area (Å²) < 4.78 is 10.7. The first kappa shape index (κ1) is 19.0. The van der Waals surface area contributed by atoms with E-state index in [4.69, 9.17) is 9.47 Å². The molecule has 0 amide bonds. The van der Waals surface area contributed by atoms with Crippen molar-refractivity contribution in [2.24, 2.45) is 0 Å². The Morgan fingerprint density at radius 2 is 1.69 bits per heavy atom. The lowest BCUT2D eigenvalue weighted by Gasteiger charge is -2.26. The number of nitrogens with zero attached hydrogens (tertiary/aromatic N) is 1. The van der Waals surface area contributed by atoms with Crippen molar-refractivity contribution >= 4 is 28.8 Å². The first-order chi connectivity index (χ1) is 14.1. The van der Waals surface area contributed by atoms with E-state index in [0.717, 1.165) is 33.2 Å². The minimum atomic E-state index is 0.0863. The molecule has 3 aromatic rings. The lowest BCUT2D eigenvalue weighted by molar-refractivity contribution is -0.113. The molecule has 0 unspecified atom stereocenters. The van der Waals surface area contributed by atoms with Gasteiger partial charge in [-0.15, -0.1) is 0 Å². The number of nitrogens with one attached hydrogen (secondary N) is 1. The number of ether oxygens (including phenoxy) is 2. The molecule has 148 valence electrons. The first-order valence-electron chi connectivity index (χ1n) is 9.51. The van der Waals surface area contributed by atoms with Crippen LogP contribution < -0.4 is 9.47 Å². The number of carbonyl (C=O) groups excluding carboxylic acids is 1. The van der Waals surface area contributed by atoms with Gasteiger partial charge >= 0.3 is 0 Å². The minimum absolute atomic E-state index is 0.0863. The highest BCUT2D eigenvalue weighted by molar-refractivity contribution is 6.15. The number of ketones is 1. The normalized spacial score (nSPS) is 18.0. The van der Waals surface area contributed by atoms with Gasteiger partial charge in [-0.05, 0) is 43.0 Å². The highest BCUT2D eigenvalue weighted by Crippen LogP contribution is 2.30. The summed E-state index contributed by atoms with van der Waals surface area (Å²) >= 11 is 0. The average molecular weight is 388 g/mol. The molecular formula is C24H24N2O3. The first-order valence-corrected chi connectivity index (χ1v) is 9.51. The average Bonchev–Trinajstić information content (AvgIpc) is 3.14. The van der Waals surface area contributed by atoms with Gasteiger partial charge in [0, 0.05) is 46.9 Å². The number of fused-ring (bicyclic) bond motifs is 1. The second-order valence-corrected chi connectivity index (χ2v) is 7.24. The molecule has 0 saturated carbocycles. The maximum Gasteiger partial charge on any atom is 0.187 e. The van der Waals surface area contributed by atoms with Crippen LogP contribution in [0.2, 0.25) is 0 Å². The van der Waals surface area contributed by atoms with Crippen LogP contribution in [0, 0.1) is 0 Å². The highest BCUT2D eigenvalue weighted by Gasteiger charge is 2.24. The molecule has 1 aromatic heterocycles. The monoisotopic (exact) mass is 388 g/mol. The molecule has 5 heteroatoms. The van der Waals surface area contributed by atoms with Crippen molar-refractivity contribution in [1.82, 2.24) is 9.88 Å². The molecule has 0 radical (unpaired) electrons. The Labute approximate surface area is 170 Å². The third kappa shape index (κ3) is 3.82. The molecule has 1 saturated heterocycles. The summed E-state index contributed by atoms with van der Waals surface area (Å²) in [6.07, 6.45) is 5.89. The van der Waals surface area contributed by atoms with Gasteiger partial charge in [0.2, 0.25) is 0 Å². The van der Waals surface area contributed by atoms with E-state index in [1.54, 1.807) is 14.2 Å². The van der Waals surface area contributed by atoms with Crippen LogP contribution in [0.1, 0.15) is 11.1 Å². The van der Waals surface area contributed by atoms with Crippen molar-refractivity contribution in [3.05, 3.63) is 70.9 Å². The van der Waals surface area contributed by atoms with Gasteiger partial charge in [0.25, 0.3) is 0 Å². The number of hydrogen-bond acceptors (Lipinski definition) is 4. The van der Waals surface area contributed by atoms with E-state index in [0.29, 0.717) is 24.6 Å². The minimum Gasteiger partial charge on any atom is -0.493 e. The summed E-state index contributed by atoms with van der Waals surface area (Å²) in [4.78, 5) is 18.6. The molecule has 0 aliphatic carbocycles. The number of carbonyl (C=O) groups is 1. The molecule has 0 atom stereocenters. The molecule has 5 nitrogen and oxygen atoms in total. The maximum absolute atomic E-state index is 13.2. The Hall–Kier alpha value is -3.31. The van der Waals surface area contributed by atoms with Gasteiger partial charge in [-0.2, -0.15) is 0 Å². The smallest absolute Gasteiger partial charge is 0.187 e. The van der Waals surface area contributed by atoms with E-state index in [1.807, 2.05) is 61.8 Å². The second-order valence-electron chi connectivity index (χ2n) is 7.24. The lowest BCUT2D eigenvalue weighted by atomic mass is 9.94. The van der Waals surface area contributed by atoms with Crippen molar-refractivity contribution in [3.63, 3.8) is 0 Å². The fourth-order valence-electron chi connectivity index (χ4n) is 3.75. The zero-order chi connectivity index (χ0) is 20.4. The van der Waals surface area contributed by atoms with Crippen LogP contribution in [0.3, 0.4) is 0 Å². The summed E-state index contributed by atoms with van der Waals surface area (Å²) in [5.74, 6) is 1.40. The molecule has 2 aromatic carbocycles. The molecule has 1 aliphatic heterocycles. The van der Waals surface area contributed by atoms with Crippen molar-refractivity contribution in [1.29, 1.82) is 0 Å². The fraction of sp³-hybridized carbons (Fsp3) is 0.208. The molecule has 2 heterocycles. The van der Waals surface area contributed by atoms with Gasteiger partial charge in [0.15, 0.2) is 17.3 Å². The van der Waals surface area contributed by atoms with Crippen molar-refractivity contribution < 1.29 is 14.3 Å². The molecule has 0 spiro atoms. The zero-order valence-corrected chi connectivity index (χ0v) is 16.9. The number of benzene rings is 2. The van der Waals surface area contributed by atoms with Crippen LogP contribution in [-0.2, 0) is 4.79 Å². The molecule has 0 bridgehead atoms. The van der Waals surface area contributed by atoms with Crippen LogP contribution >= 0.6 is 0 Å². The van der Waals surface area contributed by atoms with Gasteiger partial charge < -0.3 is 14.5 Å². The Morgan fingerprint density at radius 1 is 0.966 bits per heavy atom. The third-order valence-corrected chi connectivity index (χ3v) is 5.16. The molecule has 4 rings (SSSR count). The predicted molar refractivity (Wildman–Crippen MR) is 116 cm³/mol. The summed E-state index contributed by atoms with van der Waals surface area (Å²) in [5.41, 5.74) is 4.56. The Kier molecular flexibility index (Phi) is 5.23. The summed E-state index contributed by atoms with van der Waals surface area (Å²) in [7, 11) is 5.24. The van der Waals surface area contributed by atoms with Crippen molar-refractivity contribution in [2.45, 2.75) is 0 Å². The maximum atomic E-state index is 13.2. The number of hydrogen-bond donors (Lipinski definition) is 1. The van der Waals surface area contributed by atoms with Crippen molar-refractivity contribution in [2.75, 3.05) is 34.4 Å². The second kappa shape index (κ2) is 7.97. The van der Waals surface area contributed by atoms with E-state index in [2.05, 4.69) is 16.0 Å². The van der Waals surface area contributed by atoms with Crippen LogP contribution in [-0.4, -0.2) is 50.0 Å². The van der Waals surface area contributed by atoms with Gasteiger partial charge in [0.05, 0.1) is 14.2 Å². The van der Waals surface area contributed by atoms with Crippen LogP contribution in [0.25, 0.3) is 23.1 Å². The number of likely N-dealkylation sites (tertiary alicyclic amines) is 1. The number of H-pyrrole nitrogens is 1. The van der Waals surface area contributed by atoms with Gasteiger partial charge in [-0.3, -0.25) is 9.69 Å². The standard InChI is InChI=1S/C24H24N2O3/c1-26-14-18(10-16-8-9-22(28-2)23(11-16)29-3)24(27)19(15-26)12-17-13-25-21-7-5-4-6-20(17)21/h4-13,25H,14-15H2,1-3H3/b18-10+,19-12-. The van der Waals surface area contributed by atoms with Crippen LogP contribution in [0.5, 0.6) is 11.5 Å². The van der Waals surface area contributed by atoms with Gasteiger partial charge in [-0.25, -0.2) is 0 Å². The predicted octanol–water partition coefficient (Wildman–Crippen LogP) is 4.17.